The van der Waals surface area contributed by atoms with Crippen LogP contribution >= 0.6 is 0 Å². The first-order valence-corrected chi connectivity index (χ1v) is 4.94. The Bertz CT molecular complexity index is 381. The van der Waals surface area contributed by atoms with Crippen molar-refractivity contribution in [2.24, 2.45) is 5.73 Å². The molecule has 4 nitrogen and oxygen atoms in total. The Hall–Kier alpha value is -1.62. The average Bonchev–Trinajstić information content (AvgIpc) is 2.20. The highest BCUT2D eigenvalue weighted by atomic mass is 19.1. The molecule has 0 saturated heterocycles. The summed E-state index contributed by atoms with van der Waals surface area (Å²) in [7, 11) is 0. The minimum atomic E-state index is -0.918. The van der Waals surface area contributed by atoms with Crippen molar-refractivity contribution in [3.05, 3.63) is 29.6 Å². The van der Waals surface area contributed by atoms with Crippen molar-refractivity contribution in [3.8, 4) is 5.75 Å². The lowest BCUT2D eigenvalue weighted by atomic mass is 10.0. The monoisotopic (exact) mass is 227 g/mol. The fourth-order valence-corrected chi connectivity index (χ4v) is 1.41. The maximum absolute atomic E-state index is 12.9. The lowest BCUT2D eigenvalue weighted by molar-refractivity contribution is -0.137. The number of carboxylic acid groups (broad SMARTS) is 1. The smallest absolute Gasteiger partial charge is 0.303 e. The summed E-state index contributed by atoms with van der Waals surface area (Å²) in [5.74, 6) is -1.38. The Labute approximate surface area is 92.5 Å². The summed E-state index contributed by atoms with van der Waals surface area (Å²) in [6.45, 7) is 0. The number of aliphatic carboxylic acids is 1. The summed E-state index contributed by atoms with van der Waals surface area (Å²) >= 11 is 0. The fraction of sp³-hybridized carbons (Fsp3) is 0.364. The first-order valence-electron chi connectivity index (χ1n) is 4.94. The zero-order valence-electron chi connectivity index (χ0n) is 8.69. The van der Waals surface area contributed by atoms with Gasteiger partial charge in [-0.1, -0.05) is 0 Å². The van der Waals surface area contributed by atoms with Crippen molar-refractivity contribution in [3.63, 3.8) is 0 Å². The van der Waals surface area contributed by atoms with Gasteiger partial charge in [0.15, 0.2) is 0 Å². The molecule has 0 saturated carbocycles. The third-order valence-corrected chi connectivity index (χ3v) is 2.25. The number of phenols is 1. The number of halogens is 1. The summed E-state index contributed by atoms with van der Waals surface area (Å²) in [5, 5.41) is 17.9. The van der Waals surface area contributed by atoms with E-state index in [0.717, 1.165) is 6.07 Å². The molecule has 88 valence electrons. The lowest BCUT2D eigenvalue weighted by Gasteiger charge is -2.11. The van der Waals surface area contributed by atoms with Gasteiger partial charge in [0.05, 0.1) is 0 Å². The van der Waals surface area contributed by atoms with Gasteiger partial charge in [-0.2, -0.15) is 0 Å². The van der Waals surface area contributed by atoms with Gasteiger partial charge in [0.25, 0.3) is 0 Å². The minimum Gasteiger partial charge on any atom is -0.508 e. The van der Waals surface area contributed by atoms with Gasteiger partial charge in [0, 0.05) is 12.5 Å². The molecule has 0 aromatic heterocycles. The van der Waals surface area contributed by atoms with Crippen LogP contribution in [0.4, 0.5) is 4.39 Å². The third-order valence-electron chi connectivity index (χ3n) is 2.25. The van der Waals surface area contributed by atoms with Crippen molar-refractivity contribution < 1.29 is 19.4 Å². The number of carbonyl (C=O) groups is 1. The molecule has 0 heterocycles. The van der Waals surface area contributed by atoms with Crippen LogP contribution in [-0.2, 0) is 11.2 Å². The second-order valence-corrected chi connectivity index (χ2v) is 3.67. The molecule has 0 fully saturated rings. The quantitative estimate of drug-likeness (QED) is 0.707. The van der Waals surface area contributed by atoms with Crippen LogP contribution in [0.5, 0.6) is 5.75 Å². The van der Waals surface area contributed by atoms with Crippen LogP contribution in [0.1, 0.15) is 18.4 Å². The summed E-state index contributed by atoms with van der Waals surface area (Å²) in [6.07, 6.45) is 0.527. The van der Waals surface area contributed by atoms with Crippen LogP contribution < -0.4 is 5.73 Å². The number of hydrogen-bond donors (Lipinski definition) is 3. The van der Waals surface area contributed by atoms with Gasteiger partial charge in [0.1, 0.15) is 11.6 Å². The maximum Gasteiger partial charge on any atom is 0.303 e. The number of benzene rings is 1. The van der Waals surface area contributed by atoms with E-state index in [9.17, 15) is 14.3 Å². The van der Waals surface area contributed by atoms with Gasteiger partial charge >= 0.3 is 5.97 Å². The first-order chi connectivity index (χ1) is 7.49. The van der Waals surface area contributed by atoms with Gasteiger partial charge in [-0.05, 0) is 36.6 Å². The van der Waals surface area contributed by atoms with Gasteiger partial charge in [0.2, 0.25) is 0 Å². The molecule has 1 aromatic rings. The summed E-state index contributed by atoms with van der Waals surface area (Å²) in [4.78, 5) is 10.3. The number of nitrogens with two attached hydrogens (primary N) is 1. The van der Waals surface area contributed by atoms with Crippen LogP contribution in [0.25, 0.3) is 0 Å². The number of rotatable bonds is 5. The Balaban J connectivity index is 2.58. The highest BCUT2D eigenvalue weighted by molar-refractivity contribution is 5.66. The van der Waals surface area contributed by atoms with Crippen LogP contribution in [0.15, 0.2) is 18.2 Å². The van der Waals surface area contributed by atoms with Gasteiger partial charge in [-0.15, -0.1) is 0 Å². The van der Waals surface area contributed by atoms with E-state index in [0.29, 0.717) is 12.0 Å². The molecule has 0 aliphatic rings. The molecule has 1 atom stereocenters. The second-order valence-electron chi connectivity index (χ2n) is 3.67. The Morgan fingerprint density at radius 2 is 2.19 bits per heavy atom. The van der Waals surface area contributed by atoms with Crippen molar-refractivity contribution in [2.75, 3.05) is 0 Å². The maximum atomic E-state index is 12.9. The fourth-order valence-electron chi connectivity index (χ4n) is 1.41. The molecule has 1 unspecified atom stereocenters. The van der Waals surface area contributed by atoms with Crippen LogP contribution in [0.2, 0.25) is 0 Å². The molecule has 0 aliphatic carbocycles. The second kappa shape index (κ2) is 5.46. The predicted octanol–water partition coefficient (Wildman–Crippen LogP) is 1.27. The minimum absolute atomic E-state index is 0.0211. The molecule has 16 heavy (non-hydrogen) atoms. The zero-order chi connectivity index (χ0) is 12.1. The number of hydrogen-bond acceptors (Lipinski definition) is 3. The molecule has 1 rings (SSSR count). The van der Waals surface area contributed by atoms with E-state index in [1.165, 1.54) is 12.1 Å². The third kappa shape index (κ3) is 3.86. The average molecular weight is 227 g/mol. The summed E-state index contributed by atoms with van der Waals surface area (Å²) in [5.41, 5.74) is 6.08. The molecule has 0 aliphatic heterocycles. The summed E-state index contributed by atoms with van der Waals surface area (Å²) in [6, 6.07) is 3.22. The molecule has 0 bridgehead atoms. The van der Waals surface area contributed by atoms with Crippen molar-refractivity contribution >= 4 is 5.97 Å². The SMILES string of the molecule is NC(CCC(=O)O)Cc1cc(F)ccc1O. The van der Waals surface area contributed by atoms with Gasteiger partial charge < -0.3 is 15.9 Å². The van der Waals surface area contributed by atoms with Crippen molar-refractivity contribution in [1.82, 2.24) is 0 Å². The molecule has 5 heteroatoms. The molecule has 1 aromatic carbocycles. The van der Waals surface area contributed by atoms with Gasteiger partial charge in [-0.3, -0.25) is 4.79 Å². The first kappa shape index (κ1) is 12.4. The summed E-state index contributed by atoms with van der Waals surface area (Å²) < 4.78 is 12.9. The largest absolute Gasteiger partial charge is 0.508 e. The van der Waals surface area contributed by atoms with Crippen LogP contribution in [-0.4, -0.2) is 22.2 Å². The Kier molecular flexibility index (Phi) is 4.25. The van der Waals surface area contributed by atoms with E-state index < -0.39 is 17.8 Å². The Morgan fingerprint density at radius 3 is 2.81 bits per heavy atom. The van der Waals surface area contributed by atoms with Crippen LogP contribution in [0.3, 0.4) is 0 Å². The van der Waals surface area contributed by atoms with E-state index in [2.05, 4.69) is 0 Å². The highest BCUT2D eigenvalue weighted by Gasteiger charge is 2.10. The van der Waals surface area contributed by atoms with E-state index in [1.54, 1.807) is 0 Å². The molecule has 0 radical (unpaired) electrons. The topological polar surface area (TPSA) is 83.6 Å². The van der Waals surface area contributed by atoms with E-state index in [1.807, 2.05) is 0 Å². The predicted molar refractivity (Wildman–Crippen MR) is 56.6 cm³/mol. The Morgan fingerprint density at radius 1 is 1.50 bits per heavy atom. The standard InChI is InChI=1S/C11H14FNO3/c12-8-1-3-10(14)7(5-8)6-9(13)2-4-11(15)16/h1,3,5,9,14H,2,4,6,13H2,(H,15,16). The zero-order valence-corrected chi connectivity index (χ0v) is 8.69. The van der Waals surface area contributed by atoms with E-state index in [-0.39, 0.29) is 18.6 Å². The molecule has 0 spiro atoms. The van der Waals surface area contributed by atoms with Gasteiger partial charge in [-0.25, -0.2) is 4.39 Å². The van der Waals surface area contributed by atoms with E-state index in [4.69, 9.17) is 10.8 Å². The molecular formula is C11H14FNO3. The number of phenolic OH excluding ortho intramolecular Hbond substituents is 1. The normalized spacial score (nSPS) is 12.4. The number of aromatic hydroxyl groups is 1. The lowest BCUT2D eigenvalue weighted by Crippen LogP contribution is -2.23. The van der Waals surface area contributed by atoms with Crippen molar-refractivity contribution in [2.45, 2.75) is 25.3 Å². The van der Waals surface area contributed by atoms with E-state index >= 15 is 0 Å². The molecule has 0 amide bonds. The highest BCUT2D eigenvalue weighted by Crippen LogP contribution is 2.19. The molecule has 4 N–H and O–H groups in total. The number of carboxylic acids is 1. The van der Waals surface area contributed by atoms with Crippen LogP contribution in [0, 0.1) is 5.82 Å². The van der Waals surface area contributed by atoms with Crippen molar-refractivity contribution in [1.29, 1.82) is 0 Å². The molecular weight excluding hydrogens is 213 g/mol.